The third-order valence-electron chi connectivity index (χ3n) is 5.40. The number of anilines is 1. The molecule has 28 heavy (non-hydrogen) atoms. The van der Waals surface area contributed by atoms with E-state index in [1.165, 1.54) is 16.8 Å². The molecule has 0 bridgehead atoms. The summed E-state index contributed by atoms with van der Waals surface area (Å²) in [6, 6.07) is 12.5. The van der Waals surface area contributed by atoms with E-state index < -0.39 is 0 Å². The van der Waals surface area contributed by atoms with Crippen LogP contribution in [-0.4, -0.2) is 61.7 Å². The number of pyridine rings is 1. The lowest BCUT2D eigenvalue weighted by Crippen LogP contribution is -2.47. The first-order valence-corrected chi connectivity index (χ1v) is 10.1. The van der Waals surface area contributed by atoms with Crippen molar-refractivity contribution in [2.24, 2.45) is 10.7 Å². The van der Waals surface area contributed by atoms with Crippen molar-refractivity contribution in [2.45, 2.75) is 20.3 Å². The number of rotatable bonds is 7. The molecule has 3 N–H and O–H groups in total. The summed E-state index contributed by atoms with van der Waals surface area (Å²) in [5.41, 5.74) is 11.2. The lowest BCUT2D eigenvalue weighted by Gasteiger charge is -2.36. The molecule has 1 aromatic carbocycles. The topological polar surface area (TPSA) is 69.8 Å². The van der Waals surface area contributed by atoms with E-state index in [9.17, 15) is 0 Å². The molecule has 2 heterocycles. The second kappa shape index (κ2) is 10.1. The molecule has 1 aliphatic rings. The van der Waals surface area contributed by atoms with Gasteiger partial charge in [-0.1, -0.05) is 18.2 Å². The first-order chi connectivity index (χ1) is 13.6. The number of aromatic nitrogens is 1. The maximum absolute atomic E-state index is 5.97. The molecule has 1 saturated heterocycles. The van der Waals surface area contributed by atoms with E-state index in [-0.39, 0.29) is 0 Å². The van der Waals surface area contributed by atoms with Gasteiger partial charge < -0.3 is 16.0 Å². The van der Waals surface area contributed by atoms with Crippen molar-refractivity contribution in [1.29, 1.82) is 0 Å². The number of hydrogen-bond acceptors (Lipinski definition) is 4. The summed E-state index contributed by atoms with van der Waals surface area (Å²) in [7, 11) is 0. The molecule has 3 rings (SSSR count). The van der Waals surface area contributed by atoms with E-state index in [1.54, 1.807) is 0 Å². The normalized spacial score (nSPS) is 15.6. The Balaban J connectivity index is 1.35. The predicted octanol–water partition coefficient (Wildman–Crippen LogP) is 1.97. The van der Waals surface area contributed by atoms with Gasteiger partial charge in [-0.2, -0.15) is 0 Å². The van der Waals surface area contributed by atoms with Crippen LogP contribution in [0.3, 0.4) is 0 Å². The third kappa shape index (κ3) is 5.70. The minimum atomic E-state index is 0.518. The van der Waals surface area contributed by atoms with Crippen molar-refractivity contribution < 1.29 is 0 Å². The number of hydrogen-bond donors (Lipinski definition) is 2. The Labute approximate surface area is 168 Å². The first kappa shape index (κ1) is 20.1. The largest absolute Gasteiger partial charge is 0.370 e. The highest BCUT2D eigenvalue weighted by atomic mass is 15.3. The number of guanidine groups is 1. The molecule has 2 aromatic rings. The number of piperazine rings is 1. The fourth-order valence-electron chi connectivity index (χ4n) is 3.52. The van der Waals surface area contributed by atoms with E-state index in [0.29, 0.717) is 5.96 Å². The Bertz CT molecular complexity index is 766. The van der Waals surface area contributed by atoms with Crippen LogP contribution < -0.4 is 16.0 Å². The summed E-state index contributed by atoms with van der Waals surface area (Å²) in [5, 5.41) is 3.17. The molecule has 150 valence electrons. The highest BCUT2D eigenvalue weighted by Crippen LogP contribution is 2.23. The molecule has 0 spiro atoms. The molecule has 1 aromatic heterocycles. The Hall–Kier alpha value is -2.60. The van der Waals surface area contributed by atoms with Gasteiger partial charge in [0, 0.05) is 63.3 Å². The monoisotopic (exact) mass is 380 g/mol. The van der Waals surface area contributed by atoms with Crippen molar-refractivity contribution in [1.82, 2.24) is 15.2 Å². The lowest BCUT2D eigenvalue weighted by atomic mass is 10.1. The number of aliphatic imine (C=N–C) groups is 1. The van der Waals surface area contributed by atoms with Crippen molar-refractivity contribution in [3.63, 3.8) is 0 Å². The van der Waals surface area contributed by atoms with Gasteiger partial charge in [-0.3, -0.25) is 14.9 Å². The SMILES string of the molecule is Cc1cccc(N2CCN(CCN=C(N)NCCc3ccccn3)CC2)c1C. The van der Waals surface area contributed by atoms with Crippen LogP contribution in [0.1, 0.15) is 16.8 Å². The molecule has 6 heteroatoms. The second-order valence-electron chi connectivity index (χ2n) is 7.31. The lowest BCUT2D eigenvalue weighted by molar-refractivity contribution is 0.265. The van der Waals surface area contributed by atoms with Crippen molar-refractivity contribution in [2.75, 3.05) is 50.7 Å². The molecule has 0 unspecified atom stereocenters. The van der Waals surface area contributed by atoms with Crippen molar-refractivity contribution in [3.05, 3.63) is 59.4 Å². The van der Waals surface area contributed by atoms with Gasteiger partial charge >= 0.3 is 0 Å². The quantitative estimate of drug-likeness (QED) is 0.568. The number of nitrogens with one attached hydrogen (secondary N) is 1. The Morgan fingerprint density at radius 2 is 1.93 bits per heavy atom. The molecular formula is C22H32N6. The third-order valence-corrected chi connectivity index (χ3v) is 5.40. The van der Waals surface area contributed by atoms with Crippen LogP contribution in [0.5, 0.6) is 0 Å². The highest BCUT2D eigenvalue weighted by Gasteiger charge is 2.18. The molecule has 0 saturated carbocycles. The van der Waals surface area contributed by atoms with E-state index in [1.807, 2.05) is 24.4 Å². The van der Waals surface area contributed by atoms with Crippen LogP contribution in [0.2, 0.25) is 0 Å². The second-order valence-corrected chi connectivity index (χ2v) is 7.31. The fourth-order valence-corrected chi connectivity index (χ4v) is 3.52. The summed E-state index contributed by atoms with van der Waals surface area (Å²) >= 11 is 0. The maximum Gasteiger partial charge on any atom is 0.188 e. The molecule has 0 aliphatic carbocycles. The van der Waals surface area contributed by atoms with E-state index in [4.69, 9.17) is 5.73 Å². The minimum absolute atomic E-state index is 0.518. The van der Waals surface area contributed by atoms with E-state index in [0.717, 1.165) is 57.9 Å². The fraction of sp³-hybridized carbons (Fsp3) is 0.455. The van der Waals surface area contributed by atoms with Crippen LogP contribution in [0.25, 0.3) is 0 Å². The molecule has 6 nitrogen and oxygen atoms in total. The molecular weight excluding hydrogens is 348 g/mol. The van der Waals surface area contributed by atoms with Crippen LogP contribution in [0.15, 0.2) is 47.6 Å². The molecule has 0 radical (unpaired) electrons. The van der Waals surface area contributed by atoms with Gasteiger partial charge in [0.25, 0.3) is 0 Å². The standard InChI is InChI=1S/C22H32N6/c1-18-6-5-8-21(19(18)2)28-16-14-27(15-17-28)13-12-26-22(23)25-11-9-20-7-3-4-10-24-20/h3-8,10H,9,11-17H2,1-2H3,(H3,23,25,26). The molecule has 1 fully saturated rings. The van der Waals surface area contributed by atoms with Gasteiger partial charge in [-0.05, 0) is 43.2 Å². The van der Waals surface area contributed by atoms with Crippen LogP contribution in [-0.2, 0) is 6.42 Å². The van der Waals surface area contributed by atoms with Gasteiger partial charge in [0.2, 0.25) is 0 Å². The van der Waals surface area contributed by atoms with Crippen molar-refractivity contribution in [3.8, 4) is 0 Å². The van der Waals surface area contributed by atoms with Gasteiger partial charge in [-0.15, -0.1) is 0 Å². The van der Waals surface area contributed by atoms with Gasteiger partial charge in [0.15, 0.2) is 5.96 Å². The predicted molar refractivity (Wildman–Crippen MR) is 117 cm³/mol. The summed E-state index contributed by atoms with van der Waals surface area (Å²) in [4.78, 5) is 13.7. The number of nitrogens with zero attached hydrogens (tertiary/aromatic N) is 4. The van der Waals surface area contributed by atoms with Crippen LogP contribution in [0.4, 0.5) is 5.69 Å². The van der Waals surface area contributed by atoms with E-state index in [2.05, 4.69) is 57.1 Å². The average molecular weight is 381 g/mol. The van der Waals surface area contributed by atoms with Gasteiger partial charge in [0.05, 0.1) is 6.54 Å². The number of nitrogens with two attached hydrogens (primary N) is 1. The Kier molecular flexibility index (Phi) is 7.25. The van der Waals surface area contributed by atoms with Gasteiger partial charge in [-0.25, -0.2) is 0 Å². The molecule has 0 atom stereocenters. The zero-order valence-corrected chi connectivity index (χ0v) is 17.1. The highest BCUT2D eigenvalue weighted by molar-refractivity contribution is 5.77. The molecule has 0 amide bonds. The maximum atomic E-state index is 5.97. The summed E-state index contributed by atoms with van der Waals surface area (Å²) < 4.78 is 0. The van der Waals surface area contributed by atoms with Crippen molar-refractivity contribution >= 4 is 11.6 Å². The van der Waals surface area contributed by atoms with E-state index >= 15 is 0 Å². The molecule has 1 aliphatic heterocycles. The Morgan fingerprint density at radius 1 is 1.11 bits per heavy atom. The smallest absolute Gasteiger partial charge is 0.188 e. The summed E-state index contributed by atoms with van der Waals surface area (Å²) in [6.07, 6.45) is 2.66. The zero-order valence-electron chi connectivity index (χ0n) is 17.1. The Morgan fingerprint density at radius 3 is 2.68 bits per heavy atom. The summed E-state index contributed by atoms with van der Waals surface area (Å²) in [6.45, 7) is 11.1. The zero-order chi connectivity index (χ0) is 19.8. The number of aryl methyl sites for hydroxylation is 1. The first-order valence-electron chi connectivity index (χ1n) is 10.1. The summed E-state index contributed by atoms with van der Waals surface area (Å²) in [5.74, 6) is 0.518. The van der Waals surface area contributed by atoms with Gasteiger partial charge in [0.1, 0.15) is 0 Å². The van der Waals surface area contributed by atoms with Crippen LogP contribution in [0, 0.1) is 13.8 Å². The minimum Gasteiger partial charge on any atom is -0.370 e. The average Bonchev–Trinajstić information content (AvgIpc) is 2.71. The number of benzene rings is 1. The van der Waals surface area contributed by atoms with Crippen LogP contribution >= 0.6 is 0 Å².